The van der Waals surface area contributed by atoms with Gasteiger partial charge >= 0.3 is 5.00 Å². The molecular formula is C11H8N2O2S. The largest absolute Gasteiger partial charge is 0.324 e. The van der Waals surface area contributed by atoms with E-state index in [1.165, 1.54) is 6.07 Å². The predicted octanol–water partition coefficient (Wildman–Crippen LogP) is 3.22. The summed E-state index contributed by atoms with van der Waals surface area (Å²) in [4.78, 5) is 15.0. The van der Waals surface area contributed by atoms with Crippen molar-refractivity contribution in [3.63, 3.8) is 0 Å². The minimum Gasteiger partial charge on any atom is -0.258 e. The Hall–Kier alpha value is -2.01. The zero-order chi connectivity index (χ0) is 11.4. The molecule has 0 aliphatic rings. The number of thiophene rings is 1. The summed E-state index contributed by atoms with van der Waals surface area (Å²) in [6.45, 7) is 0. The Morgan fingerprint density at radius 2 is 2.12 bits per heavy atom. The zero-order valence-corrected chi connectivity index (χ0v) is 9.05. The molecule has 0 spiro atoms. The molecule has 0 N–H and O–H groups in total. The Morgan fingerprint density at radius 1 is 1.25 bits per heavy atom. The summed E-state index contributed by atoms with van der Waals surface area (Å²) in [5.41, 5.74) is 0.832. The third kappa shape index (κ3) is 2.52. The molecule has 80 valence electrons. The molecule has 2 rings (SSSR count). The molecule has 5 heteroatoms. The molecule has 0 amide bonds. The maximum atomic E-state index is 10.5. The molecule has 0 saturated carbocycles. The standard InChI is InChI=1S/C11H8N2O2S/c14-13(15)11-7-6-10(16-11)5-4-9-3-1-2-8-12-9/h1-8H. The first-order valence-corrected chi connectivity index (χ1v) is 5.41. The van der Waals surface area contributed by atoms with Crippen molar-refractivity contribution in [3.05, 3.63) is 57.2 Å². The van der Waals surface area contributed by atoms with E-state index in [1.54, 1.807) is 12.3 Å². The van der Waals surface area contributed by atoms with Gasteiger partial charge in [0.1, 0.15) is 0 Å². The normalized spacial score (nSPS) is 10.8. The zero-order valence-electron chi connectivity index (χ0n) is 8.24. The Bertz CT molecular complexity index is 520. The number of nitro groups is 1. The summed E-state index contributed by atoms with van der Waals surface area (Å²) in [6.07, 6.45) is 5.35. The van der Waals surface area contributed by atoms with E-state index in [0.29, 0.717) is 0 Å². The molecule has 0 aliphatic heterocycles. The summed E-state index contributed by atoms with van der Waals surface area (Å²) >= 11 is 1.15. The van der Waals surface area contributed by atoms with E-state index in [4.69, 9.17) is 0 Å². The van der Waals surface area contributed by atoms with Gasteiger partial charge in [-0.3, -0.25) is 15.1 Å². The molecule has 0 unspecified atom stereocenters. The molecule has 0 bridgehead atoms. The van der Waals surface area contributed by atoms with Crippen molar-refractivity contribution in [2.45, 2.75) is 0 Å². The summed E-state index contributed by atoms with van der Waals surface area (Å²) in [5.74, 6) is 0. The second kappa shape index (κ2) is 4.67. The van der Waals surface area contributed by atoms with Gasteiger partial charge in [-0.05, 0) is 30.4 Å². The van der Waals surface area contributed by atoms with E-state index in [0.717, 1.165) is 21.9 Å². The Kier molecular flexibility index (Phi) is 3.07. The van der Waals surface area contributed by atoms with Crippen molar-refractivity contribution in [2.75, 3.05) is 0 Å². The maximum Gasteiger partial charge on any atom is 0.324 e. The fourth-order valence-corrected chi connectivity index (χ4v) is 1.90. The average Bonchev–Trinajstić information content (AvgIpc) is 2.76. The Balaban J connectivity index is 2.15. The number of nitrogens with zero attached hydrogens (tertiary/aromatic N) is 2. The highest BCUT2D eigenvalue weighted by Gasteiger charge is 2.07. The van der Waals surface area contributed by atoms with Crippen LogP contribution in [0.25, 0.3) is 12.2 Å². The van der Waals surface area contributed by atoms with Gasteiger partial charge in [0.25, 0.3) is 0 Å². The first kappa shape index (κ1) is 10.5. The molecule has 16 heavy (non-hydrogen) atoms. The topological polar surface area (TPSA) is 56.0 Å². The lowest BCUT2D eigenvalue weighted by Gasteiger charge is -1.88. The van der Waals surface area contributed by atoms with Gasteiger partial charge in [0.2, 0.25) is 0 Å². The van der Waals surface area contributed by atoms with Gasteiger partial charge in [0.15, 0.2) is 0 Å². The van der Waals surface area contributed by atoms with Crippen molar-refractivity contribution in [1.29, 1.82) is 0 Å². The molecule has 2 heterocycles. The summed E-state index contributed by atoms with van der Waals surface area (Å²) in [6, 6.07) is 8.83. The number of hydrogen-bond acceptors (Lipinski definition) is 4. The summed E-state index contributed by atoms with van der Waals surface area (Å²) in [7, 11) is 0. The van der Waals surface area contributed by atoms with E-state index >= 15 is 0 Å². The maximum absolute atomic E-state index is 10.5. The van der Waals surface area contributed by atoms with Crippen molar-refractivity contribution >= 4 is 28.5 Å². The van der Waals surface area contributed by atoms with E-state index in [9.17, 15) is 10.1 Å². The van der Waals surface area contributed by atoms with Crippen molar-refractivity contribution < 1.29 is 4.92 Å². The fourth-order valence-electron chi connectivity index (χ4n) is 1.17. The monoisotopic (exact) mass is 232 g/mol. The van der Waals surface area contributed by atoms with Crippen LogP contribution in [0.5, 0.6) is 0 Å². The van der Waals surface area contributed by atoms with Gasteiger partial charge in [-0.2, -0.15) is 0 Å². The van der Waals surface area contributed by atoms with E-state index < -0.39 is 0 Å². The van der Waals surface area contributed by atoms with Gasteiger partial charge in [-0.15, -0.1) is 0 Å². The Labute approximate surface area is 96.0 Å². The molecule has 2 aromatic heterocycles. The van der Waals surface area contributed by atoms with E-state index in [2.05, 4.69) is 4.98 Å². The quantitative estimate of drug-likeness (QED) is 0.603. The number of aromatic nitrogens is 1. The molecule has 2 aromatic rings. The third-order valence-electron chi connectivity index (χ3n) is 1.90. The van der Waals surface area contributed by atoms with Gasteiger partial charge in [-0.25, -0.2) is 0 Å². The first-order chi connectivity index (χ1) is 7.75. The van der Waals surface area contributed by atoms with Crippen LogP contribution in [0, 0.1) is 10.1 Å². The highest BCUT2D eigenvalue weighted by atomic mass is 32.1. The smallest absolute Gasteiger partial charge is 0.258 e. The van der Waals surface area contributed by atoms with E-state index in [1.807, 2.05) is 30.4 Å². The molecule has 0 fully saturated rings. The molecule has 4 nitrogen and oxygen atoms in total. The number of rotatable bonds is 3. The van der Waals surface area contributed by atoms with Gasteiger partial charge in [0, 0.05) is 17.1 Å². The molecule has 0 saturated heterocycles. The van der Waals surface area contributed by atoms with Crippen LogP contribution in [0.3, 0.4) is 0 Å². The van der Waals surface area contributed by atoms with Crippen LogP contribution in [0.2, 0.25) is 0 Å². The Morgan fingerprint density at radius 3 is 2.75 bits per heavy atom. The number of pyridine rings is 1. The average molecular weight is 232 g/mol. The number of hydrogen-bond donors (Lipinski definition) is 0. The SMILES string of the molecule is O=[N+]([O-])c1ccc(C=Cc2ccccn2)s1. The van der Waals surface area contributed by atoms with Crippen LogP contribution in [0.15, 0.2) is 36.5 Å². The van der Waals surface area contributed by atoms with Gasteiger partial charge in [-0.1, -0.05) is 17.4 Å². The second-order valence-electron chi connectivity index (χ2n) is 3.02. The highest BCUT2D eigenvalue weighted by Crippen LogP contribution is 2.25. The predicted molar refractivity (Wildman–Crippen MR) is 64.1 cm³/mol. The van der Waals surface area contributed by atoms with Crippen LogP contribution < -0.4 is 0 Å². The van der Waals surface area contributed by atoms with Gasteiger partial charge < -0.3 is 0 Å². The lowest BCUT2D eigenvalue weighted by Crippen LogP contribution is -1.80. The molecule has 0 aromatic carbocycles. The first-order valence-electron chi connectivity index (χ1n) is 4.59. The molecule has 0 aliphatic carbocycles. The second-order valence-corrected chi connectivity index (χ2v) is 4.11. The van der Waals surface area contributed by atoms with Gasteiger partial charge in [0.05, 0.1) is 10.6 Å². The van der Waals surface area contributed by atoms with Crippen molar-refractivity contribution in [2.24, 2.45) is 0 Å². The fraction of sp³-hybridized carbons (Fsp3) is 0. The minimum absolute atomic E-state index is 0.153. The molecule has 0 radical (unpaired) electrons. The molecule has 0 atom stereocenters. The lowest BCUT2D eigenvalue weighted by atomic mass is 10.3. The van der Waals surface area contributed by atoms with Crippen molar-refractivity contribution in [3.8, 4) is 0 Å². The van der Waals surface area contributed by atoms with Crippen LogP contribution in [0.4, 0.5) is 5.00 Å². The van der Waals surface area contributed by atoms with Crippen LogP contribution in [-0.2, 0) is 0 Å². The third-order valence-corrected chi connectivity index (χ3v) is 2.90. The van der Waals surface area contributed by atoms with Crippen molar-refractivity contribution in [1.82, 2.24) is 4.98 Å². The lowest BCUT2D eigenvalue weighted by molar-refractivity contribution is -0.380. The van der Waals surface area contributed by atoms with E-state index in [-0.39, 0.29) is 9.92 Å². The van der Waals surface area contributed by atoms with Crippen LogP contribution >= 0.6 is 11.3 Å². The minimum atomic E-state index is -0.386. The molecular weight excluding hydrogens is 224 g/mol. The van der Waals surface area contributed by atoms with Crippen LogP contribution in [-0.4, -0.2) is 9.91 Å². The van der Waals surface area contributed by atoms with Crippen LogP contribution in [0.1, 0.15) is 10.6 Å². The highest BCUT2D eigenvalue weighted by molar-refractivity contribution is 7.16. The summed E-state index contributed by atoms with van der Waals surface area (Å²) in [5, 5.41) is 10.6. The summed E-state index contributed by atoms with van der Waals surface area (Å²) < 4.78 is 0.